The Morgan fingerprint density at radius 2 is 1.75 bits per heavy atom. The van der Waals surface area contributed by atoms with Crippen LogP contribution in [0.5, 0.6) is 0 Å². The van der Waals surface area contributed by atoms with E-state index in [9.17, 15) is 13.2 Å². The molecule has 0 aliphatic heterocycles. The summed E-state index contributed by atoms with van der Waals surface area (Å²) in [6.07, 6.45) is -1.21. The molecule has 6 heteroatoms. The molecule has 0 saturated heterocycles. The molecule has 0 saturated carbocycles. The maximum absolute atomic E-state index is 12.3. The molecule has 2 rings (SSSR count). The van der Waals surface area contributed by atoms with Gasteiger partial charge in [-0.25, -0.2) is 4.98 Å². The molecule has 0 aliphatic carbocycles. The highest BCUT2D eigenvalue weighted by atomic mass is 79.9. The molecule has 0 bridgehead atoms. The van der Waals surface area contributed by atoms with E-state index in [1.165, 1.54) is 18.5 Å². The van der Waals surface area contributed by atoms with Crippen molar-refractivity contribution >= 4 is 15.9 Å². The summed E-state index contributed by atoms with van der Waals surface area (Å²) in [5.41, 5.74) is -0.0372. The van der Waals surface area contributed by atoms with E-state index < -0.39 is 11.7 Å². The Labute approximate surface area is 97.9 Å². The van der Waals surface area contributed by atoms with Gasteiger partial charge in [0.15, 0.2) is 0 Å². The number of alkyl halides is 3. The van der Waals surface area contributed by atoms with Gasteiger partial charge in [0.25, 0.3) is 0 Å². The third-order valence-corrected chi connectivity index (χ3v) is 2.65. The highest BCUT2D eigenvalue weighted by molar-refractivity contribution is 9.10. The van der Waals surface area contributed by atoms with Crippen molar-refractivity contribution < 1.29 is 13.2 Å². The first-order valence-corrected chi connectivity index (χ1v) is 5.13. The van der Waals surface area contributed by atoms with E-state index in [2.05, 4.69) is 20.9 Å². The van der Waals surface area contributed by atoms with Crippen molar-refractivity contribution in [2.24, 2.45) is 0 Å². The number of aromatic nitrogens is 2. The standard InChI is InChI=1S/C10H6BrF3N2/c11-9-5-15-6-16(9)8-3-1-7(2-4-8)10(12,13)14/h1-6H. The molecule has 1 aromatic carbocycles. The number of halogens is 4. The normalized spacial score (nSPS) is 11.8. The number of benzene rings is 1. The molecule has 0 unspecified atom stereocenters. The van der Waals surface area contributed by atoms with Crippen molar-refractivity contribution in [3.8, 4) is 5.69 Å². The minimum absolute atomic E-state index is 0.623. The van der Waals surface area contributed by atoms with Crippen LogP contribution in [0.3, 0.4) is 0 Å². The molecule has 0 radical (unpaired) electrons. The summed E-state index contributed by atoms with van der Waals surface area (Å²) in [6, 6.07) is 4.88. The molecular weight excluding hydrogens is 285 g/mol. The fraction of sp³-hybridized carbons (Fsp3) is 0.100. The van der Waals surface area contributed by atoms with E-state index in [0.717, 1.165) is 12.1 Å². The zero-order chi connectivity index (χ0) is 11.8. The molecule has 0 spiro atoms. The van der Waals surface area contributed by atoms with Crippen LogP contribution < -0.4 is 0 Å². The van der Waals surface area contributed by atoms with Crippen LogP contribution in [-0.2, 0) is 6.18 Å². The molecule has 1 heterocycles. The predicted molar refractivity (Wildman–Crippen MR) is 56.3 cm³/mol. The maximum Gasteiger partial charge on any atom is 0.416 e. The second-order valence-corrected chi connectivity index (χ2v) is 3.94. The topological polar surface area (TPSA) is 17.8 Å². The summed E-state index contributed by atoms with van der Waals surface area (Å²) in [4.78, 5) is 3.86. The van der Waals surface area contributed by atoms with Gasteiger partial charge in [-0.3, -0.25) is 4.57 Å². The average Bonchev–Trinajstić information content (AvgIpc) is 2.63. The van der Waals surface area contributed by atoms with Gasteiger partial charge in [0, 0.05) is 5.69 Å². The van der Waals surface area contributed by atoms with Crippen LogP contribution in [0.2, 0.25) is 0 Å². The second kappa shape index (κ2) is 3.93. The third kappa shape index (κ3) is 2.11. The summed E-state index contributed by atoms with van der Waals surface area (Å²) in [6.45, 7) is 0. The first-order valence-electron chi connectivity index (χ1n) is 4.34. The molecule has 0 amide bonds. The van der Waals surface area contributed by atoms with Crippen LogP contribution in [0.15, 0.2) is 41.4 Å². The highest BCUT2D eigenvalue weighted by Crippen LogP contribution is 2.29. The first-order chi connectivity index (χ1) is 7.48. The largest absolute Gasteiger partial charge is 0.416 e. The Kier molecular flexibility index (Phi) is 2.75. The summed E-state index contributed by atoms with van der Waals surface area (Å²) < 4.78 is 39.3. The minimum atomic E-state index is -4.30. The zero-order valence-electron chi connectivity index (χ0n) is 7.87. The van der Waals surface area contributed by atoms with Crippen LogP contribution in [0.4, 0.5) is 13.2 Å². The Morgan fingerprint density at radius 3 is 2.19 bits per heavy atom. The summed E-state index contributed by atoms with van der Waals surface area (Å²) in [5, 5.41) is 0. The maximum atomic E-state index is 12.3. The van der Waals surface area contributed by atoms with Gasteiger partial charge >= 0.3 is 6.18 Å². The molecule has 2 aromatic rings. The molecule has 2 nitrogen and oxygen atoms in total. The zero-order valence-corrected chi connectivity index (χ0v) is 9.46. The second-order valence-electron chi connectivity index (χ2n) is 3.13. The van der Waals surface area contributed by atoms with Gasteiger partial charge in [0.2, 0.25) is 0 Å². The van der Waals surface area contributed by atoms with Crippen molar-refractivity contribution in [2.45, 2.75) is 6.18 Å². The van der Waals surface area contributed by atoms with Crippen molar-refractivity contribution in [3.05, 3.63) is 47.0 Å². The lowest BCUT2D eigenvalue weighted by atomic mass is 10.2. The van der Waals surface area contributed by atoms with Gasteiger partial charge in [-0.15, -0.1) is 0 Å². The smallest absolute Gasteiger partial charge is 0.293 e. The quantitative estimate of drug-likeness (QED) is 0.784. The number of hydrogen-bond donors (Lipinski definition) is 0. The SMILES string of the molecule is FC(F)(F)c1ccc(-n2cncc2Br)cc1. The van der Waals surface area contributed by atoms with Crippen molar-refractivity contribution in [1.82, 2.24) is 9.55 Å². The van der Waals surface area contributed by atoms with E-state index in [1.54, 1.807) is 10.8 Å². The third-order valence-electron chi connectivity index (χ3n) is 2.07. The molecule has 16 heavy (non-hydrogen) atoms. The van der Waals surface area contributed by atoms with E-state index in [4.69, 9.17) is 0 Å². The number of hydrogen-bond acceptors (Lipinski definition) is 1. The molecule has 0 N–H and O–H groups in total. The van der Waals surface area contributed by atoms with Crippen LogP contribution >= 0.6 is 15.9 Å². The van der Waals surface area contributed by atoms with Crippen molar-refractivity contribution in [3.63, 3.8) is 0 Å². The predicted octanol–water partition coefficient (Wildman–Crippen LogP) is 3.65. The fourth-order valence-corrected chi connectivity index (χ4v) is 1.69. The lowest BCUT2D eigenvalue weighted by Crippen LogP contribution is -2.04. The Bertz CT molecular complexity index is 488. The van der Waals surface area contributed by atoms with E-state index in [0.29, 0.717) is 10.3 Å². The van der Waals surface area contributed by atoms with Crippen molar-refractivity contribution in [1.29, 1.82) is 0 Å². The monoisotopic (exact) mass is 290 g/mol. The molecule has 0 fully saturated rings. The lowest BCUT2D eigenvalue weighted by molar-refractivity contribution is -0.137. The van der Waals surface area contributed by atoms with E-state index >= 15 is 0 Å². The molecular formula is C10H6BrF3N2. The molecule has 1 aromatic heterocycles. The van der Waals surface area contributed by atoms with Gasteiger partial charge in [0.1, 0.15) is 10.9 Å². The molecule has 84 valence electrons. The van der Waals surface area contributed by atoms with Gasteiger partial charge in [-0.1, -0.05) is 0 Å². The van der Waals surface area contributed by atoms with Gasteiger partial charge < -0.3 is 0 Å². The first kappa shape index (κ1) is 11.2. The van der Waals surface area contributed by atoms with E-state index in [1.807, 2.05) is 0 Å². The summed E-state index contributed by atoms with van der Waals surface area (Å²) in [5.74, 6) is 0. The summed E-state index contributed by atoms with van der Waals surface area (Å²) >= 11 is 3.24. The fourth-order valence-electron chi connectivity index (χ4n) is 1.28. The highest BCUT2D eigenvalue weighted by Gasteiger charge is 2.29. The van der Waals surface area contributed by atoms with Crippen LogP contribution in [0.25, 0.3) is 5.69 Å². The van der Waals surface area contributed by atoms with E-state index in [-0.39, 0.29) is 0 Å². The molecule has 0 aliphatic rings. The van der Waals surface area contributed by atoms with Crippen LogP contribution in [-0.4, -0.2) is 9.55 Å². The number of imidazole rings is 1. The van der Waals surface area contributed by atoms with Gasteiger partial charge in [-0.2, -0.15) is 13.2 Å². The Morgan fingerprint density at radius 1 is 1.12 bits per heavy atom. The number of nitrogens with zero attached hydrogens (tertiary/aromatic N) is 2. The van der Waals surface area contributed by atoms with Crippen LogP contribution in [0.1, 0.15) is 5.56 Å². The van der Waals surface area contributed by atoms with Gasteiger partial charge in [-0.05, 0) is 40.2 Å². The van der Waals surface area contributed by atoms with Crippen LogP contribution in [0, 0.1) is 0 Å². The van der Waals surface area contributed by atoms with Crippen molar-refractivity contribution in [2.75, 3.05) is 0 Å². The van der Waals surface area contributed by atoms with Gasteiger partial charge in [0.05, 0.1) is 11.8 Å². The molecule has 0 atom stereocenters. The lowest BCUT2D eigenvalue weighted by Gasteiger charge is -2.08. The average molecular weight is 291 g/mol. The Hall–Kier alpha value is -1.30. The minimum Gasteiger partial charge on any atom is -0.293 e. The Balaban J connectivity index is 2.37. The number of rotatable bonds is 1. The summed E-state index contributed by atoms with van der Waals surface area (Å²) in [7, 11) is 0.